The Hall–Kier alpha value is -3.31. The van der Waals surface area contributed by atoms with E-state index in [1.807, 2.05) is 42.6 Å². The number of rotatable bonds is 4. The van der Waals surface area contributed by atoms with Gasteiger partial charge in [0.05, 0.1) is 13.2 Å². The molecule has 0 amide bonds. The number of ether oxygens (including phenoxy) is 1. The fraction of sp³-hybridized carbons (Fsp3) is 0.174. The van der Waals surface area contributed by atoms with Gasteiger partial charge < -0.3 is 15.0 Å². The second kappa shape index (κ2) is 7.37. The lowest BCUT2D eigenvalue weighted by atomic mass is 10.1. The Balaban J connectivity index is 1.49. The molecule has 1 saturated heterocycles. The molecule has 0 saturated carbocycles. The molecule has 0 aliphatic carbocycles. The first-order valence-electron chi connectivity index (χ1n) is 9.61. The van der Waals surface area contributed by atoms with Gasteiger partial charge in [-0.1, -0.05) is 36.4 Å². The van der Waals surface area contributed by atoms with Gasteiger partial charge in [0.2, 0.25) is 0 Å². The number of nitrogens with zero attached hydrogens (tertiary/aromatic N) is 3. The molecule has 1 N–H and O–H groups in total. The van der Waals surface area contributed by atoms with Gasteiger partial charge in [0.1, 0.15) is 17.2 Å². The normalized spacial score (nSPS) is 14.4. The smallest absolute Gasteiger partial charge is 0.143 e. The quantitative estimate of drug-likeness (QED) is 0.571. The van der Waals surface area contributed by atoms with Gasteiger partial charge in [0.25, 0.3) is 0 Å². The van der Waals surface area contributed by atoms with Gasteiger partial charge in [0.15, 0.2) is 0 Å². The molecule has 0 spiro atoms. The zero-order valence-corrected chi connectivity index (χ0v) is 15.6. The number of benzene rings is 2. The number of hydrogen-bond acceptors (Lipinski definition) is 4. The monoisotopic (exact) mass is 370 g/mol. The van der Waals surface area contributed by atoms with Gasteiger partial charge >= 0.3 is 0 Å². The Morgan fingerprint density at radius 3 is 2.36 bits per heavy atom. The maximum Gasteiger partial charge on any atom is 0.143 e. The fourth-order valence-electron chi connectivity index (χ4n) is 3.63. The summed E-state index contributed by atoms with van der Waals surface area (Å²) < 4.78 is 7.54. The molecule has 5 rings (SSSR count). The van der Waals surface area contributed by atoms with Crippen molar-refractivity contribution in [2.45, 2.75) is 0 Å². The van der Waals surface area contributed by atoms with E-state index in [1.165, 1.54) is 5.69 Å². The summed E-state index contributed by atoms with van der Waals surface area (Å²) in [5.41, 5.74) is 5.24. The third-order valence-corrected chi connectivity index (χ3v) is 5.08. The van der Waals surface area contributed by atoms with Crippen molar-refractivity contribution in [1.29, 1.82) is 0 Å². The third kappa shape index (κ3) is 3.21. The number of fused-ring (bicyclic) bond motifs is 1. The van der Waals surface area contributed by atoms with Gasteiger partial charge in [-0.15, -0.1) is 0 Å². The summed E-state index contributed by atoms with van der Waals surface area (Å²) in [6, 6.07) is 24.9. The summed E-state index contributed by atoms with van der Waals surface area (Å²) >= 11 is 0. The molecule has 1 aliphatic rings. The van der Waals surface area contributed by atoms with Crippen molar-refractivity contribution >= 4 is 22.8 Å². The number of aromatic nitrogens is 2. The highest BCUT2D eigenvalue weighted by atomic mass is 16.5. The molecular formula is C23H22N4O. The van der Waals surface area contributed by atoms with Gasteiger partial charge in [-0.2, -0.15) is 0 Å². The van der Waals surface area contributed by atoms with Crippen molar-refractivity contribution in [3.63, 3.8) is 0 Å². The molecule has 1 fully saturated rings. The van der Waals surface area contributed by atoms with Crippen LogP contribution in [0.25, 0.3) is 16.9 Å². The van der Waals surface area contributed by atoms with Crippen LogP contribution in [0.3, 0.4) is 0 Å². The van der Waals surface area contributed by atoms with Crippen LogP contribution in [-0.4, -0.2) is 35.7 Å². The van der Waals surface area contributed by atoms with E-state index >= 15 is 0 Å². The Kier molecular flexibility index (Phi) is 4.43. The highest BCUT2D eigenvalue weighted by Gasteiger charge is 2.15. The van der Waals surface area contributed by atoms with Gasteiger partial charge in [-0.3, -0.25) is 4.40 Å². The van der Waals surface area contributed by atoms with E-state index in [4.69, 9.17) is 9.72 Å². The standard InChI is InChI=1S/C23H22N4O/c1-2-6-18(7-3-1)22-23(27-13-5-4-8-21(27)25-22)24-19-9-11-20(12-10-19)26-14-16-28-17-15-26/h1-13,24H,14-17H2. The highest BCUT2D eigenvalue weighted by Crippen LogP contribution is 2.31. The van der Waals surface area contributed by atoms with Crippen molar-refractivity contribution in [3.05, 3.63) is 79.0 Å². The second-order valence-electron chi connectivity index (χ2n) is 6.88. The summed E-state index contributed by atoms with van der Waals surface area (Å²) in [7, 11) is 0. The molecule has 2 aromatic heterocycles. The molecule has 0 bridgehead atoms. The van der Waals surface area contributed by atoms with E-state index in [0.717, 1.165) is 54.7 Å². The summed E-state index contributed by atoms with van der Waals surface area (Å²) in [5, 5.41) is 3.58. The molecule has 2 aromatic carbocycles. The van der Waals surface area contributed by atoms with E-state index in [-0.39, 0.29) is 0 Å². The summed E-state index contributed by atoms with van der Waals surface area (Å²) in [5.74, 6) is 0.973. The topological polar surface area (TPSA) is 41.8 Å². The average molecular weight is 370 g/mol. The van der Waals surface area contributed by atoms with Crippen LogP contribution in [0.4, 0.5) is 17.2 Å². The zero-order chi connectivity index (χ0) is 18.8. The summed E-state index contributed by atoms with van der Waals surface area (Å²) in [6.07, 6.45) is 2.04. The minimum absolute atomic E-state index is 0.794. The van der Waals surface area contributed by atoms with Gasteiger partial charge in [-0.05, 0) is 36.4 Å². The average Bonchev–Trinajstić information content (AvgIpc) is 3.14. The Labute approximate surface area is 164 Å². The van der Waals surface area contributed by atoms with Crippen molar-refractivity contribution in [2.24, 2.45) is 0 Å². The van der Waals surface area contributed by atoms with E-state index in [0.29, 0.717) is 0 Å². The zero-order valence-electron chi connectivity index (χ0n) is 15.6. The van der Waals surface area contributed by atoms with Crippen molar-refractivity contribution < 1.29 is 4.74 Å². The van der Waals surface area contributed by atoms with Gasteiger partial charge in [0, 0.05) is 36.2 Å². The van der Waals surface area contributed by atoms with Crippen molar-refractivity contribution in [1.82, 2.24) is 9.38 Å². The lowest BCUT2D eigenvalue weighted by Gasteiger charge is -2.28. The van der Waals surface area contributed by atoms with E-state index < -0.39 is 0 Å². The number of nitrogens with one attached hydrogen (secondary N) is 1. The first-order valence-corrected chi connectivity index (χ1v) is 9.61. The fourth-order valence-corrected chi connectivity index (χ4v) is 3.63. The van der Waals surface area contributed by atoms with E-state index in [9.17, 15) is 0 Å². The predicted octanol–water partition coefficient (Wildman–Crippen LogP) is 4.58. The molecule has 0 unspecified atom stereocenters. The lowest BCUT2D eigenvalue weighted by Crippen LogP contribution is -2.36. The SMILES string of the molecule is c1ccc(-c2nc3ccccn3c2Nc2ccc(N3CCOCC3)cc2)cc1. The van der Waals surface area contributed by atoms with Crippen LogP contribution in [0, 0.1) is 0 Å². The van der Waals surface area contributed by atoms with Crippen molar-refractivity contribution in [2.75, 3.05) is 36.5 Å². The van der Waals surface area contributed by atoms with Crippen LogP contribution < -0.4 is 10.2 Å². The number of morpholine rings is 1. The molecule has 1 aliphatic heterocycles. The van der Waals surface area contributed by atoms with E-state index in [1.54, 1.807) is 0 Å². The third-order valence-electron chi connectivity index (χ3n) is 5.08. The van der Waals surface area contributed by atoms with Crippen LogP contribution in [0.15, 0.2) is 79.0 Å². The Morgan fingerprint density at radius 2 is 1.57 bits per heavy atom. The van der Waals surface area contributed by atoms with Crippen LogP contribution in [-0.2, 0) is 4.74 Å². The Morgan fingerprint density at radius 1 is 0.821 bits per heavy atom. The number of anilines is 3. The predicted molar refractivity (Wildman–Crippen MR) is 113 cm³/mol. The van der Waals surface area contributed by atoms with Crippen molar-refractivity contribution in [3.8, 4) is 11.3 Å². The minimum atomic E-state index is 0.794. The highest BCUT2D eigenvalue weighted by molar-refractivity contribution is 5.79. The second-order valence-corrected chi connectivity index (χ2v) is 6.88. The largest absolute Gasteiger partial charge is 0.378 e. The molecule has 5 nitrogen and oxygen atoms in total. The summed E-state index contributed by atoms with van der Waals surface area (Å²) in [4.78, 5) is 7.21. The van der Waals surface area contributed by atoms with Gasteiger partial charge in [-0.25, -0.2) is 4.98 Å². The lowest BCUT2D eigenvalue weighted by molar-refractivity contribution is 0.122. The minimum Gasteiger partial charge on any atom is -0.378 e. The van der Waals surface area contributed by atoms with Crippen LogP contribution in [0.2, 0.25) is 0 Å². The molecular weight excluding hydrogens is 348 g/mol. The van der Waals surface area contributed by atoms with E-state index in [2.05, 4.69) is 51.0 Å². The van der Waals surface area contributed by atoms with Crippen LogP contribution in [0.5, 0.6) is 0 Å². The number of pyridine rings is 1. The molecule has 0 atom stereocenters. The molecule has 5 heteroatoms. The number of hydrogen-bond donors (Lipinski definition) is 1. The first-order chi connectivity index (χ1) is 13.9. The van der Waals surface area contributed by atoms with Crippen LogP contribution >= 0.6 is 0 Å². The molecule has 140 valence electrons. The molecule has 28 heavy (non-hydrogen) atoms. The summed E-state index contributed by atoms with van der Waals surface area (Å²) in [6.45, 7) is 3.47. The number of imidazole rings is 1. The maximum absolute atomic E-state index is 5.45. The first kappa shape index (κ1) is 16.8. The maximum atomic E-state index is 5.45. The molecule has 4 aromatic rings. The Bertz CT molecular complexity index is 1070. The molecule has 3 heterocycles. The van der Waals surface area contributed by atoms with Crippen LogP contribution in [0.1, 0.15) is 0 Å². The molecule has 0 radical (unpaired) electrons.